The van der Waals surface area contributed by atoms with E-state index in [1.165, 1.54) is 0 Å². The third-order valence-electron chi connectivity index (χ3n) is 3.93. The Morgan fingerprint density at radius 1 is 1.40 bits per heavy atom. The van der Waals surface area contributed by atoms with Gasteiger partial charge >= 0.3 is 0 Å². The Hall–Kier alpha value is -1.85. The van der Waals surface area contributed by atoms with Crippen molar-refractivity contribution >= 4 is 16.9 Å². The summed E-state index contributed by atoms with van der Waals surface area (Å²) < 4.78 is 5.46. The Labute approximate surface area is 117 Å². The first kappa shape index (κ1) is 13.1. The maximum absolute atomic E-state index is 12.7. The van der Waals surface area contributed by atoms with Gasteiger partial charge in [0.05, 0.1) is 11.6 Å². The fourth-order valence-electron chi connectivity index (χ4n) is 2.78. The minimum Gasteiger partial charge on any atom is -0.463 e. The molecule has 3 rings (SSSR count). The highest BCUT2D eigenvalue weighted by molar-refractivity contribution is 6.06. The lowest BCUT2D eigenvalue weighted by molar-refractivity contribution is 0.0517. The van der Waals surface area contributed by atoms with Gasteiger partial charge in [-0.15, -0.1) is 0 Å². The molecule has 20 heavy (non-hydrogen) atoms. The number of hydrogen-bond acceptors (Lipinski definition) is 4. The van der Waals surface area contributed by atoms with Crippen LogP contribution in [0.25, 0.3) is 11.0 Å². The molecule has 0 aliphatic carbocycles. The van der Waals surface area contributed by atoms with E-state index in [0.717, 1.165) is 24.1 Å². The summed E-state index contributed by atoms with van der Waals surface area (Å²) in [5, 5.41) is 0.868. The Morgan fingerprint density at radius 2 is 2.20 bits per heavy atom. The second kappa shape index (κ2) is 5.26. The van der Waals surface area contributed by atoms with Crippen LogP contribution in [0.5, 0.6) is 0 Å². The molecule has 1 saturated heterocycles. The number of para-hydroxylation sites is 1. The lowest BCUT2D eigenvalue weighted by Gasteiger charge is -2.39. The van der Waals surface area contributed by atoms with Crippen LogP contribution in [0.3, 0.4) is 0 Å². The number of carbonyl (C=O) groups excluding carboxylic acids is 1. The molecule has 1 aromatic carbocycles. The van der Waals surface area contributed by atoms with Gasteiger partial charge in [0, 0.05) is 31.6 Å². The van der Waals surface area contributed by atoms with Gasteiger partial charge in [-0.1, -0.05) is 18.2 Å². The second-order valence-electron chi connectivity index (χ2n) is 5.30. The van der Waals surface area contributed by atoms with Crippen molar-refractivity contribution in [2.75, 3.05) is 33.2 Å². The number of hydrogen-bond donors (Lipinski definition) is 1. The maximum Gasteiger partial charge on any atom is 0.258 e. The molecule has 0 spiro atoms. The molecule has 1 amide bonds. The first-order valence-corrected chi connectivity index (χ1v) is 6.86. The van der Waals surface area contributed by atoms with Gasteiger partial charge in [0.15, 0.2) is 0 Å². The van der Waals surface area contributed by atoms with Gasteiger partial charge in [0.25, 0.3) is 5.91 Å². The van der Waals surface area contributed by atoms with Gasteiger partial charge in [0.2, 0.25) is 0 Å². The summed E-state index contributed by atoms with van der Waals surface area (Å²) in [6.07, 6.45) is 1.55. The molecule has 0 unspecified atom stereocenters. The molecular formula is C15H19N3O2. The van der Waals surface area contributed by atoms with E-state index in [2.05, 4.69) is 11.9 Å². The molecule has 0 saturated carbocycles. The molecule has 2 heterocycles. The van der Waals surface area contributed by atoms with Crippen molar-refractivity contribution in [2.24, 2.45) is 5.73 Å². The summed E-state index contributed by atoms with van der Waals surface area (Å²) in [7, 11) is 2.05. The number of rotatable bonds is 2. The maximum atomic E-state index is 12.7. The van der Waals surface area contributed by atoms with Crippen molar-refractivity contribution in [2.45, 2.75) is 6.04 Å². The number of furan rings is 1. The highest BCUT2D eigenvalue weighted by Crippen LogP contribution is 2.23. The Balaban J connectivity index is 1.91. The third kappa shape index (κ3) is 2.19. The zero-order chi connectivity index (χ0) is 14.1. The molecule has 1 atom stereocenters. The predicted molar refractivity (Wildman–Crippen MR) is 77.6 cm³/mol. The van der Waals surface area contributed by atoms with Crippen molar-refractivity contribution in [1.29, 1.82) is 0 Å². The second-order valence-corrected chi connectivity index (χ2v) is 5.30. The van der Waals surface area contributed by atoms with Crippen LogP contribution in [0.1, 0.15) is 10.4 Å². The standard InChI is InChI=1S/C15H19N3O2/c1-17-6-7-18(11(8-16)9-17)15(19)13-10-20-14-5-3-2-4-12(13)14/h2-5,10-11H,6-9,16H2,1H3/t11-/m1/s1. The van der Waals surface area contributed by atoms with E-state index in [-0.39, 0.29) is 11.9 Å². The van der Waals surface area contributed by atoms with E-state index in [4.69, 9.17) is 10.2 Å². The lowest BCUT2D eigenvalue weighted by atomic mass is 10.1. The molecule has 1 fully saturated rings. The zero-order valence-corrected chi connectivity index (χ0v) is 11.6. The van der Waals surface area contributed by atoms with E-state index in [0.29, 0.717) is 18.7 Å². The van der Waals surface area contributed by atoms with Crippen LogP contribution in [0.4, 0.5) is 0 Å². The molecular weight excluding hydrogens is 254 g/mol. The number of carbonyl (C=O) groups is 1. The largest absolute Gasteiger partial charge is 0.463 e. The van der Waals surface area contributed by atoms with Crippen molar-refractivity contribution in [3.8, 4) is 0 Å². The van der Waals surface area contributed by atoms with Crippen LogP contribution in [0.15, 0.2) is 34.9 Å². The van der Waals surface area contributed by atoms with Crippen LogP contribution in [0.2, 0.25) is 0 Å². The highest BCUT2D eigenvalue weighted by Gasteiger charge is 2.30. The molecule has 5 nitrogen and oxygen atoms in total. The molecule has 0 bridgehead atoms. The first-order chi connectivity index (χ1) is 9.70. The number of nitrogens with two attached hydrogens (primary N) is 1. The van der Waals surface area contributed by atoms with Gasteiger partial charge in [-0.3, -0.25) is 4.79 Å². The molecule has 0 radical (unpaired) electrons. The molecule has 1 aliphatic rings. The average Bonchev–Trinajstić information content (AvgIpc) is 2.90. The molecule has 5 heteroatoms. The highest BCUT2D eigenvalue weighted by atomic mass is 16.3. The van der Waals surface area contributed by atoms with Crippen LogP contribution in [-0.2, 0) is 0 Å². The topological polar surface area (TPSA) is 62.7 Å². The molecule has 2 N–H and O–H groups in total. The summed E-state index contributed by atoms with van der Waals surface area (Å²) in [6, 6.07) is 7.67. The average molecular weight is 273 g/mol. The summed E-state index contributed by atoms with van der Waals surface area (Å²) in [6.45, 7) is 2.87. The zero-order valence-electron chi connectivity index (χ0n) is 11.6. The molecule has 1 aliphatic heterocycles. The third-order valence-corrected chi connectivity index (χ3v) is 3.93. The predicted octanol–water partition coefficient (Wildman–Crippen LogP) is 1.15. The summed E-state index contributed by atoms with van der Waals surface area (Å²) in [5.74, 6) is 0.0125. The van der Waals surface area contributed by atoms with Crippen molar-refractivity contribution in [3.63, 3.8) is 0 Å². The normalized spacial score (nSPS) is 20.5. The van der Waals surface area contributed by atoms with E-state index >= 15 is 0 Å². The minimum absolute atomic E-state index is 0.0125. The van der Waals surface area contributed by atoms with Gasteiger partial charge in [-0.05, 0) is 13.1 Å². The number of benzene rings is 1. The summed E-state index contributed by atoms with van der Waals surface area (Å²) >= 11 is 0. The van der Waals surface area contributed by atoms with Gasteiger partial charge in [-0.2, -0.15) is 0 Å². The van der Waals surface area contributed by atoms with Crippen LogP contribution < -0.4 is 5.73 Å². The minimum atomic E-state index is 0.0125. The summed E-state index contributed by atoms with van der Waals surface area (Å²) in [5.41, 5.74) is 7.19. The first-order valence-electron chi connectivity index (χ1n) is 6.86. The van der Waals surface area contributed by atoms with E-state index in [1.54, 1.807) is 6.26 Å². The number of piperazine rings is 1. The van der Waals surface area contributed by atoms with Crippen molar-refractivity contribution in [3.05, 3.63) is 36.1 Å². The van der Waals surface area contributed by atoms with Crippen LogP contribution >= 0.6 is 0 Å². The SMILES string of the molecule is CN1CCN(C(=O)c2coc3ccccc23)[C@H](CN)C1. The lowest BCUT2D eigenvalue weighted by Crippen LogP contribution is -2.56. The fraction of sp³-hybridized carbons (Fsp3) is 0.400. The Bertz CT molecular complexity index is 622. The number of nitrogens with zero attached hydrogens (tertiary/aromatic N) is 2. The number of fused-ring (bicyclic) bond motifs is 1. The van der Waals surface area contributed by atoms with Gasteiger partial charge in [-0.25, -0.2) is 0 Å². The number of amides is 1. The Kier molecular flexibility index (Phi) is 3.46. The fourth-order valence-corrected chi connectivity index (χ4v) is 2.78. The van der Waals surface area contributed by atoms with Crippen LogP contribution in [0, 0.1) is 0 Å². The number of likely N-dealkylation sites (N-methyl/N-ethyl adjacent to an activating group) is 1. The smallest absolute Gasteiger partial charge is 0.258 e. The molecule has 106 valence electrons. The quantitative estimate of drug-likeness (QED) is 0.891. The van der Waals surface area contributed by atoms with Gasteiger partial charge in [0.1, 0.15) is 11.8 Å². The summed E-state index contributed by atoms with van der Waals surface area (Å²) in [4.78, 5) is 16.8. The van der Waals surface area contributed by atoms with Crippen LogP contribution in [-0.4, -0.2) is 55.0 Å². The van der Waals surface area contributed by atoms with E-state index in [1.807, 2.05) is 29.2 Å². The van der Waals surface area contributed by atoms with E-state index < -0.39 is 0 Å². The van der Waals surface area contributed by atoms with Crippen molar-refractivity contribution < 1.29 is 9.21 Å². The van der Waals surface area contributed by atoms with Gasteiger partial charge < -0.3 is 20.0 Å². The van der Waals surface area contributed by atoms with E-state index in [9.17, 15) is 4.79 Å². The van der Waals surface area contributed by atoms with Crippen molar-refractivity contribution in [1.82, 2.24) is 9.80 Å². The monoisotopic (exact) mass is 273 g/mol. The Morgan fingerprint density at radius 3 is 3.00 bits per heavy atom. The molecule has 1 aromatic heterocycles. The molecule has 2 aromatic rings.